The number of carbonyl (C=O) groups excluding carboxylic acids is 1. The summed E-state index contributed by atoms with van der Waals surface area (Å²) in [5.41, 5.74) is 1.00. The highest BCUT2D eigenvalue weighted by molar-refractivity contribution is 7.13. The minimum absolute atomic E-state index is 0.167. The van der Waals surface area contributed by atoms with Crippen molar-refractivity contribution in [1.82, 2.24) is 24.6 Å². The zero-order valence-electron chi connectivity index (χ0n) is 17.6. The lowest BCUT2D eigenvalue weighted by atomic mass is 10.1. The minimum atomic E-state index is -0.826. The standard InChI is InChI=1S/C23H20FN5O3S/c1-15(29-21(30)9-8-18(27-29)20-3-2-12-33-20)23(32)25-10-11-28-14-26-19(13-22(28)31)16-4-6-17(24)7-5-16/h2-9,12-15H,10-11H2,1H3,(H,25,32). The van der Waals surface area contributed by atoms with Gasteiger partial charge in [-0.1, -0.05) is 6.07 Å². The van der Waals surface area contributed by atoms with Crippen LogP contribution in [0.25, 0.3) is 21.8 Å². The number of benzene rings is 1. The molecule has 0 fully saturated rings. The summed E-state index contributed by atoms with van der Waals surface area (Å²) in [6.45, 7) is 1.96. The number of hydrogen-bond donors (Lipinski definition) is 1. The molecule has 4 aromatic rings. The van der Waals surface area contributed by atoms with E-state index >= 15 is 0 Å². The summed E-state index contributed by atoms with van der Waals surface area (Å²) in [6.07, 6.45) is 1.38. The maximum atomic E-state index is 13.1. The van der Waals surface area contributed by atoms with Crippen LogP contribution < -0.4 is 16.4 Å². The Morgan fingerprint density at radius 2 is 1.88 bits per heavy atom. The van der Waals surface area contributed by atoms with Crippen LogP contribution >= 0.6 is 11.3 Å². The first-order chi connectivity index (χ1) is 15.9. The van der Waals surface area contributed by atoms with E-state index in [0.717, 1.165) is 9.56 Å². The highest BCUT2D eigenvalue weighted by Gasteiger charge is 2.18. The zero-order chi connectivity index (χ0) is 23.4. The normalized spacial score (nSPS) is 11.8. The average Bonchev–Trinajstić information content (AvgIpc) is 3.35. The van der Waals surface area contributed by atoms with Gasteiger partial charge in [0.2, 0.25) is 5.91 Å². The fourth-order valence-corrected chi connectivity index (χ4v) is 3.88. The average molecular weight is 466 g/mol. The summed E-state index contributed by atoms with van der Waals surface area (Å²) in [5, 5.41) is 8.96. The second-order valence-electron chi connectivity index (χ2n) is 7.26. The van der Waals surface area contributed by atoms with Crippen molar-refractivity contribution < 1.29 is 9.18 Å². The molecule has 8 nitrogen and oxygen atoms in total. The van der Waals surface area contributed by atoms with Gasteiger partial charge in [-0.3, -0.25) is 19.0 Å². The Morgan fingerprint density at radius 1 is 1.09 bits per heavy atom. The molecule has 1 unspecified atom stereocenters. The predicted octanol–water partition coefficient (Wildman–Crippen LogP) is 2.71. The second-order valence-corrected chi connectivity index (χ2v) is 8.21. The summed E-state index contributed by atoms with van der Waals surface area (Å²) in [5.74, 6) is -0.760. The number of aromatic nitrogens is 4. The van der Waals surface area contributed by atoms with Crippen molar-refractivity contribution in [2.45, 2.75) is 19.5 Å². The first kappa shape index (κ1) is 22.3. The molecule has 0 spiro atoms. The number of halogens is 1. The summed E-state index contributed by atoms with van der Waals surface area (Å²) in [6, 6.07) is 13.0. The summed E-state index contributed by atoms with van der Waals surface area (Å²) >= 11 is 1.49. The molecular formula is C23H20FN5O3S. The largest absolute Gasteiger partial charge is 0.352 e. The third-order valence-corrected chi connectivity index (χ3v) is 5.91. The van der Waals surface area contributed by atoms with Crippen LogP contribution in [0.1, 0.15) is 13.0 Å². The molecule has 33 heavy (non-hydrogen) atoms. The molecule has 0 aliphatic carbocycles. The molecule has 0 aliphatic heterocycles. The van der Waals surface area contributed by atoms with Crippen LogP contribution in [0.4, 0.5) is 4.39 Å². The van der Waals surface area contributed by atoms with Crippen molar-refractivity contribution in [3.05, 3.63) is 92.8 Å². The van der Waals surface area contributed by atoms with Crippen LogP contribution in [0, 0.1) is 5.82 Å². The Balaban J connectivity index is 1.39. The Morgan fingerprint density at radius 3 is 2.58 bits per heavy atom. The van der Waals surface area contributed by atoms with Gasteiger partial charge >= 0.3 is 0 Å². The Labute approximate surface area is 192 Å². The molecule has 0 bridgehead atoms. The van der Waals surface area contributed by atoms with E-state index in [-0.39, 0.29) is 30.0 Å². The molecule has 10 heteroatoms. The van der Waals surface area contributed by atoms with Gasteiger partial charge in [0.25, 0.3) is 11.1 Å². The van der Waals surface area contributed by atoms with Crippen LogP contribution in [0.2, 0.25) is 0 Å². The van der Waals surface area contributed by atoms with Crippen molar-refractivity contribution in [2.75, 3.05) is 6.54 Å². The molecule has 1 aromatic carbocycles. The van der Waals surface area contributed by atoms with E-state index in [1.807, 2.05) is 17.5 Å². The van der Waals surface area contributed by atoms with E-state index in [9.17, 15) is 18.8 Å². The maximum absolute atomic E-state index is 13.1. The maximum Gasteiger partial charge on any atom is 0.267 e. The summed E-state index contributed by atoms with van der Waals surface area (Å²) in [7, 11) is 0. The predicted molar refractivity (Wildman–Crippen MR) is 123 cm³/mol. The third-order valence-electron chi connectivity index (χ3n) is 5.02. The lowest BCUT2D eigenvalue weighted by Gasteiger charge is -2.15. The number of amides is 1. The molecule has 1 atom stereocenters. The van der Waals surface area contributed by atoms with Gasteiger partial charge in [-0.05, 0) is 48.7 Å². The van der Waals surface area contributed by atoms with E-state index < -0.39 is 11.9 Å². The van der Waals surface area contributed by atoms with Crippen molar-refractivity contribution in [1.29, 1.82) is 0 Å². The molecule has 1 N–H and O–H groups in total. The SMILES string of the molecule is CC(C(=O)NCCn1cnc(-c2ccc(F)cc2)cc1=O)n1nc(-c2cccs2)ccc1=O. The summed E-state index contributed by atoms with van der Waals surface area (Å²) in [4.78, 5) is 42.4. The van der Waals surface area contributed by atoms with Gasteiger partial charge in [-0.2, -0.15) is 5.10 Å². The quantitative estimate of drug-likeness (QED) is 0.453. The van der Waals surface area contributed by atoms with Crippen molar-refractivity contribution in [2.24, 2.45) is 0 Å². The first-order valence-electron chi connectivity index (χ1n) is 10.2. The molecule has 0 saturated heterocycles. The van der Waals surface area contributed by atoms with Gasteiger partial charge in [0, 0.05) is 30.8 Å². The van der Waals surface area contributed by atoms with Crippen molar-refractivity contribution in [3.8, 4) is 21.8 Å². The Hall–Kier alpha value is -3.92. The number of carbonyl (C=O) groups is 1. The van der Waals surface area contributed by atoms with Gasteiger partial charge in [0.15, 0.2) is 0 Å². The van der Waals surface area contributed by atoms with E-state index in [1.54, 1.807) is 25.1 Å². The Bertz CT molecular complexity index is 1380. The first-order valence-corrected chi connectivity index (χ1v) is 11.0. The third kappa shape index (κ3) is 5.12. The topological polar surface area (TPSA) is 98.9 Å². The fourth-order valence-electron chi connectivity index (χ4n) is 3.19. The zero-order valence-corrected chi connectivity index (χ0v) is 18.5. The van der Waals surface area contributed by atoms with Gasteiger partial charge in [-0.25, -0.2) is 14.1 Å². The fraction of sp³-hybridized carbons (Fsp3) is 0.174. The molecule has 4 rings (SSSR count). The monoisotopic (exact) mass is 465 g/mol. The van der Waals surface area contributed by atoms with E-state index in [2.05, 4.69) is 15.4 Å². The number of thiophene rings is 1. The molecule has 1 amide bonds. The van der Waals surface area contributed by atoms with Gasteiger partial charge in [0.1, 0.15) is 17.6 Å². The number of nitrogens with one attached hydrogen (secondary N) is 1. The van der Waals surface area contributed by atoms with Gasteiger partial charge in [0.05, 0.1) is 16.9 Å². The molecule has 3 heterocycles. The highest BCUT2D eigenvalue weighted by Crippen LogP contribution is 2.21. The van der Waals surface area contributed by atoms with Crippen molar-refractivity contribution in [3.63, 3.8) is 0 Å². The molecular weight excluding hydrogens is 445 g/mol. The highest BCUT2D eigenvalue weighted by atomic mass is 32.1. The lowest BCUT2D eigenvalue weighted by molar-refractivity contribution is -0.124. The van der Waals surface area contributed by atoms with Crippen LogP contribution in [0.3, 0.4) is 0 Å². The van der Waals surface area contributed by atoms with Crippen LogP contribution in [-0.4, -0.2) is 31.8 Å². The van der Waals surface area contributed by atoms with Gasteiger partial charge in [-0.15, -0.1) is 11.3 Å². The number of rotatable bonds is 7. The minimum Gasteiger partial charge on any atom is -0.352 e. The lowest BCUT2D eigenvalue weighted by Crippen LogP contribution is -2.38. The van der Waals surface area contributed by atoms with E-state index in [0.29, 0.717) is 17.0 Å². The second kappa shape index (κ2) is 9.70. The van der Waals surface area contributed by atoms with E-state index in [1.165, 1.54) is 46.5 Å². The number of nitrogens with zero attached hydrogens (tertiary/aromatic N) is 4. The van der Waals surface area contributed by atoms with Crippen LogP contribution in [0.5, 0.6) is 0 Å². The molecule has 0 saturated carbocycles. The molecule has 168 valence electrons. The van der Waals surface area contributed by atoms with Crippen molar-refractivity contribution >= 4 is 17.2 Å². The van der Waals surface area contributed by atoms with E-state index in [4.69, 9.17) is 0 Å². The smallest absolute Gasteiger partial charge is 0.267 e. The summed E-state index contributed by atoms with van der Waals surface area (Å²) < 4.78 is 15.6. The molecule has 3 aromatic heterocycles. The van der Waals surface area contributed by atoms with Crippen LogP contribution in [0.15, 0.2) is 75.9 Å². The van der Waals surface area contributed by atoms with Crippen LogP contribution in [-0.2, 0) is 11.3 Å². The molecule has 0 radical (unpaired) electrons. The number of hydrogen-bond acceptors (Lipinski definition) is 6. The molecule has 0 aliphatic rings. The van der Waals surface area contributed by atoms with Gasteiger partial charge < -0.3 is 5.32 Å². The Kier molecular flexibility index (Phi) is 6.55.